The second-order valence-electron chi connectivity index (χ2n) is 7.90. The molecule has 10 heteroatoms. The maximum absolute atomic E-state index is 12.9. The summed E-state index contributed by atoms with van der Waals surface area (Å²) in [7, 11) is -0.836. The second kappa shape index (κ2) is 12.9. The van der Waals surface area contributed by atoms with Crippen LogP contribution in [0.15, 0.2) is 71.6 Å². The van der Waals surface area contributed by atoms with Crippen molar-refractivity contribution < 1.29 is 31.8 Å². The first kappa shape index (κ1) is 27.0. The summed E-state index contributed by atoms with van der Waals surface area (Å²) in [4.78, 5) is 12.1. The van der Waals surface area contributed by atoms with Crippen molar-refractivity contribution in [3.63, 3.8) is 0 Å². The van der Waals surface area contributed by atoms with Crippen LogP contribution >= 0.6 is 0 Å². The largest absolute Gasteiger partial charge is 0.493 e. The third-order valence-electron chi connectivity index (χ3n) is 5.22. The quantitative estimate of drug-likeness (QED) is 0.334. The Hall–Kier alpha value is -3.63. The summed E-state index contributed by atoms with van der Waals surface area (Å²) in [6.45, 7) is 0.527. The van der Waals surface area contributed by atoms with Gasteiger partial charge in [0, 0.05) is 12.6 Å². The van der Waals surface area contributed by atoms with Crippen LogP contribution in [0.3, 0.4) is 0 Å². The minimum atomic E-state index is -3.81. The van der Waals surface area contributed by atoms with Crippen LogP contribution in [0.4, 0.5) is 10.1 Å². The number of benzene rings is 3. The van der Waals surface area contributed by atoms with E-state index in [-0.39, 0.29) is 29.8 Å². The summed E-state index contributed by atoms with van der Waals surface area (Å²) in [5.74, 6) is 0.324. The zero-order chi connectivity index (χ0) is 26.0. The first-order valence-electron chi connectivity index (χ1n) is 11.2. The molecule has 8 nitrogen and oxygen atoms in total. The summed E-state index contributed by atoms with van der Waals surface area (Å²) >= 11 is 0. The number of rotatable bonds is 13. The van der Waals surface area contributed by atoms with Crippen LogP contribution in [0.25, 0.3) is 0 Å². The molecule has 0 heterocycles. The van der Waals surface area contributed by atoms with Gasteiger partial charge in [-0.2, -0.15) is 0 Å². The molecule has 0 bridgehead atoms. The zero-order valence-corrected chi connectivity index (χ0v) is 20.9. The molecule has 0 saturated carbocycles. The van der Waals surface area contributed by atoms with E-state index < -0.39 is 10.0 Å². The lowest BCUT2D eigenvalue weighted by Gasteiger charge is -2.12. The van der Waals surface area contributed by atoms with E-state index in [4.69, 9.17) is 14.2 Å². The Balaban J connectivity index is 1.46. The van der Waals surface area contributed by atoms with Gasteiger partial charge in [-0.15, -0.1) is 0 Å². The van der Waals surface area contributed by atoms with Crippen molar-refractivity contribution in [3.8, 4) is 11.5 Å². The first-order valence-corrected chi connectivity index (χ1v) is 12.7. The molecule has 3 aromatic rings. The Morgan fingerprint density at radius 2 is 1.67 bits per heavy atom. The molecule has 192 valence electrons. The highest BCUT2D eigenvalue weighted by atomic mass is 32.2. The maximum atomic E-state index is 12.9. The van der Waals surface area contributed by atoms with Gasteiger partial charge in [-0.3, -0.25) is 9.52 Å². The molecule has 0 aliphatic rings. The van der Waals surface area contributed by atoms with E-state index in [1.54, 1.807) is 42.5 Å². The average Bonchev–Trinajstić information content (AvgIpc) is 2.87. The summed E-state index contributed by atoms with van der Waals surface area (Å²) in [6, 6.07) is 17.3. The van der Waals surface area contributed by atoms with Crippen molar-refractivity contribution in [2.45, 2.75) is 24.3 Å². The maximum Gasteiger partial charge on any atom is 0.261 e. The molecule has 0 saturated heterocycles. The number of nitrogens with one attached hydrogen (secondary N) is 2. The number of aryl methyl sites for hydroxylation is 1. The summed E-state index contributed by atoms with van der Waals surface area (Å²) in [6.07, 6.45) is 1.20. The molecule has 36 heavy (non-hydrogen) atoms. The highest BCUT2D eigenvalue weighted by Crippen LogP contribution is 2.30. The monoisotopic (exact) mass is 516 g/mol. The fourth-order valence-electron chi connectivity index (χ4n) is 3.40. The standard InChI is InChI=1S/C26H29FN2O6S/c1-33-24-13-12-22(16-25(24)34-2)29-36(31,32)23-7-3-5-19(15-23)6-4-14-28-26(30)18-35-17-20-8-10-21(27)11-9-20/h3,5,7-13,15-16,29H,4,6,14,17-18H2,1-2H3,(H,28,30). The normalized spacial score (nSPS) is 11.1. The molecule has 0 radical (unpaired) electrons. The molecule has 0 aliphatic heterocycles. The fraction of sp³-hybridized carbons (Fsp3) is 0.269. The highest BCUT2D eigenvalue weighted by molar-refractivity contribution is 7.92. The number of amides is 1. The zero-order valence-electron chi connectivity index (χ0n) is 20.1. The van der Waals surface area contributed by atoms with Crippen molar-refractivity contribution in [3.05, 3.63) is 83.7 Å². The van der Waals surface area contributed by atoms with Gasteiger partial charge in [0.1, 0.15) is 12.4 Å². The van der Waals surface area contributed by atoms with Crippen LogP contribution in [-0.4, -0.2) is 41.7 Å². The number of hydrogen-bond donors (Lipinski definition) is 2. The summed E-state index contributed by atoms with van der Waals surface area (Å²) in [5, 5.41) is 2.77. The third-order valence-corrected chi connectivity index (χ3v) is 6.60. The average molecular weight is 517 g/mol. The minimum Gasteiger partial charge on any atom is -0.493 e. The lowest BCUT2D eigenvalue weighted by atomic mass is 10.1. The van der Waals surface area contributed by atoms with Crippen LogP contribution in [-0.2, 0) is 32.6 Å². The van der Waals surface area contributed by atoms with Gasteiger partial charge in [-0.05, 0) is 60.4 Å². The number of carbonyl (C=O) groups excluding carboxylic acids is 1. The third kappa shape index (κ3) is 7.96. The number of ether oxygens (including phenoxy) is 3. The number of carbonyl (C=O) groups is 1. The first-order chi connectivity index (χ1) is 17.3. The van der Waals surface area contributed by atoms with Crippen LogP contribution < -0.4 is 19.5 Å². The predicted octanol–water partition coefficient (Wildman–Crippen LogP) is 3.91. The van der Waals surface area contributed by atoms with Gasteiger partial charge in [0.25, 0.3) is 10.0 Å². The van der Waals surface area contributed by atoms with Crippen LogP contribution in [0.5, 0.6) is 11.5 Å². The number of anilines is 1. The summed E-state index contributed by atoms with van der Waals surface area (Å²) < 4.78 is 56.9. The van der Waals surface area contributed by atoms with E-state index in [1.165, 1.54) is 32.4 Å². The van der Waals surface area contributed by atoms with Gasteiger partial charge in [0.2, 0.25) is 5.91 Å². The van der Waals surface area contributed by atoms with E-state index >= 15 is 0 Å². The number of hydrogen-bond acceptors (Lipinski definition) is 6. The summed E-state index contributed by atoms with van der Waals surface area (Å²) in [5.41, 5.74) is 1.95. The molecular formula is C26H29FN2O6S. The van der Waals surface area contributed by atoms with Crippen molar-refractivity contribution in [2.24, 2.45) is 0 Å². The topological polar surface area (TPSA) is 103 Å². The molecular weight excluding hydrogens is 487 g/mol. The van der Waals surface area contributed by atoms with Crippen LogP contribution in [0.2, 0.25) is 0 Å². The number of methoxy groups -OCH3 is 2. The highest BCUT2D eigenvalue weighted by Gasteiger charge is 2.16. The molecule has 3 aromatic carbocycles. The molecule has 0 fully saturated rings. The van der Waals surface area contributed by atoms with Gasteiger partial charge >= 0.3 is 0 Å². The Kier molecular flexibility index (Phi) is 9.66. The van der Waals surface area contributed by atoms with Crippen molar-refractivity contribution in [2.75, 3.05) is 32.1 Å². The lowest BCUT2D eigenvalue weighted by molar-refractivity contribution is -0.126. The molecule has 0 aliphatic carbocycles. The predicted molar refractivity (Wildman–Crippen MR) is 134 cm³/mol. The van der Waals surface area contributed by atoms with Gasteiger partial charge < -0.3 is 19.5 Å². The Morgan fingerprint density at radius 3 is 2.39 bits per heavy atom. The van der Waals surface area contributed by atoms with Gasteiger partial charge in [-0.1, -0.05) is 24.3 Å². The molecule has 0 atom stereocenters. The smallest absolute Gasteiger partial charge is 0.261 e. The van der Waals surface area contributed by atoms with Crippen molar-refractivity contribution >= 4 is 21.6 Å². The van der Waals surface area contributed by atoms with E-state index in [1.807, 2.05) is 6.07 Å². The van der Waals surface area contributed by atoms with Gasteiger partial charge in [0.15, 0.2) is 11.5 Å². The fourth-order valence-corrected chi connectivity index (χ4v) is 4.51. The van der Waals surface area contributed by atoms with E-state index in [9.17, 15) is 17.6 Å². The SMILES string of the molecule is COc1ccc(NS(=O)(=O)c2cccc(CCCNC(=O)COCc3ccc(F)cc3)c2)cc1OC. The van der Waals surface area contributed by atoms with Gasteiger partial charge in [0.05, 0.1) is 31.4 Å². The van der Waals surface area contributed by atoms with E-state index in [0.29, 0.717) is 36.6 Å². The molecule has 2 N–H and O–H groups in total. The van der Waals surface area contributed by atoms with Crippen molar-refractivity contribution in [1.82, 2.24) is 5.32 Å². The van der Waals surface area contributed by atoms with Crippen LogP contribution in [0, 0.1) is 5.82 Å². The molecule has 3 rings (SSSR count). The molecule has 0 unspecified atom stereocenters. The molecule has 0 spiro atoms. The second-order valence-corrected chi connectivity index (χ2v) is 9.58. The Bertz CT molecular complexity index is 1270. The van der Waals surface area contributed by atoms with E-state index in [2.05, 4.69) is 10.0 Å². The Labute approximate surface area is 210 Å². The van der Waals surface area contributed by atoms with Gasteiger partial charge in [-0.25, -0.2) is 12.8 Å². The van der Waals surface area contributed by atoms with E-state index in [0.717, 1.165) is 11.1 Å². The van der Waals surface area contributed by atoms with Crippen molar-refractivity contribution in [1.29, 1.82) is 0 Å². The Morgan fingerprint density at radius 1 is 0.917 bits per heavy atom. The minimum absolute atomic E-state index is 0.104. The molecule has 1 amide bonds. The van der Waals surface area contributed by atoms with Crippen LogP contribution in [0.1, 0.15) is 17.5 Å². The lowest BCUT2D eigenvalue weighted by Crippen LogP contribution is -2.28. The number of halogens is 1. The molecule has 0 aromatic heterocycles. The number of sulfonamides is 1.